The number of imidazole rings is 1. The summed E-state index contributed by atoms with van der Waals surface area (Å²) in [6, 6.07) is 6.43. The van der Waals surface area contributed by atoms with Gasteiger partial charge in [0.05, 0.1) is 17.0 Å². The molecule has 122 valence electrons. The molecule has 1 unspecified atom stereocenters. The molecule has 1 aromatic heterocycles. The van der Waals surface area contributed by atoms with Gasteiger partial charge in [-0.2, -0.15) is 0 Å². The summed E-state index contributed by atoms with van der Waals surface area (Å²) in [5.41, 5.74) is 1.48. The SMILES string of the molecule is Cc1ncc2n1CCC(C(=O)ON1C(=O)c3ccccc3C1=O)C2. The van der Waals surface area contributed by atoms with Crippen LogP contribution in [0.5, 0.6) is 0 Å². The van der Waals surface area contributed by atoms with Crippen molar-refractivity contribution in [2.75, 3.05) is 0 Å². The molecule has 24 heavy (non-hydrogen) atoms. The number of imide groups is 1. The van der Waals surface area contributed by atoms with Gasteiger partial charge in [-0.05, 0) is 25.5 Å². The normalized spacial score (nSPS) is 19.2. The van der Waals surface area contributed by atoms with Gasteiger partial charge >= 0.3 is 5.97 Å². The number of nitrogens with zero attached hydrogens (tertiary/aromatic N) is 3. The van der Waals surface area contributed by atoms with Gasteiger partial charge in [-0.3, -0.25) is 9.59 Å². The Morgan fingerprint density at radius 1 is 1.21 bits per heavy atom. The predicted octanol–water partition coefficient (Wildman–Crippen LogP) is 1.51. The number of carbonyl (C=O) groups is 3. The average Bonchev–Trinajstić information content (AvgIpc) is 3.08. The third kappa shape index (κ3) is 2.12. The first-order chi connectivity index (χ1) is 11.6. The molecule has 0 aliphatic carbocycles. The maximum Gasteiger partial charge on any atom is 0.336 e. The number of fused-ring (bicyclic) bond motifs is 2. The van der Waals surface area contributed by atoms with Gasteiger partial charge in [0.1, 0.15) is 5.82 Å². The Balaban J connectivity index is 1.50. The third-order valence-corrected chi connectivity index (χ3v) is 4.57. The molecule has 0 N–H and O–H groups in total. The largest absolute Gasteiger partial charge is 0.336 e. The Kier molecular flexibility index (Phi) is 3.23. The highest BCUT2D eigenvalue weighted by Crippen LogP contribution is 2.26. The average molecular weight is 325 g/mol. The number of aryl methyl sites for hydroxylation is 1. The van der Waals surface area contributed by atoms with Crippen molar-refractivity contribution in [1.82, 2.24) is 14.6 Å². The molecule has 0 saturated heterocycles. The zero-order valence-corrected chi connectivity index (χ0v) is 13.1. The molecule has 0 radical (unpaired) electrons. The standard InChI is InChI=1S/C17H15N3O4/c1-10-18-9-12-8-11(6-7-19(10)12)17(23)24-20-15(21)13-4-2-3-5-14(13)16(20)22/h2-5,9,11H,6-8H2,1H3. The number of rotatable bonds is 2. The summed E-state index contributed by atoms with van der Waals surface area (Å²) in [7, 11) is 0. The van der Waals surface area contributed by atoms with Gasteiger partial charge in [0.25, 0.3) is 11.8 Å². The highest BCUT2D eigenvalue weighted by Gasteiger charge is 2.40. The predicted molar refractivity (Wildman–Crippen MR) is 81.8 cm³/mol. The second kappa shape index (κ2) is 5.30. The molecule has 2 aliphatic rings. The first-order valence-corrected chi connectivity index (χ1v) is 7.77. The summed E-state index contributed by atoms with van der Waals surface area (Å²) in [5, 5.41) is 0.574. The van der Waals surface area contributed by atoms with Crippen LogP contribution < -0.4 is 0 Å². The Morgan fingerprint density at radius 2 is 1.88 bits per heavy atom. The van der Waals surface area contributed by atoms with E-state index < -0.39 is 23.7 Å². The van der Waals surface area contributed by atoms with Gasteiger partial charge in [-0.25, -0.2) is 9.78 Å². The van der Waals surface area contributed by atoms with E-state index in [1.54, 1.807) is 30.5 Å². The van der Waals surface area contributed by atoms with Crippen LogP contribution in [0.3, 0.4) is 0 Å². The Bertz CT molecular complexity index is 835. The summed E-state index contributed by atoms with van der Waals surface area (Å²) in [5.74, 6) is -1.23. The fourth-order valence-corrected chi connectivity index (χ4v) is 3.24. The van der Waals surface area contributed by atoms with Crippen LogP contribution in [0.4, 0.5) is 0 Å². The molecule has 1 atom stereocenters. The molecule has 1 aromatic carbocycles. The maximum atomic E-state index is 12.4. The highest BCUT2D eigenvalue weighted by molar-refractivity contribution is 6.20. The minimum atomic E-state index is -0.597. The number of benzene rings is 1. The quantitative estimate of drug-likeness (QED) is 0.782. The lowest BCUT2D eigenvalue weighted by molar-refractivity contribution is -0.174. The number of hydrogen-bond acceptors (Lipinski definition) is 5. The van der Waals surface area contributed by atoms with Gasteiger partial charge < -0.3 is 9.40 Å². The molecule has 4 rings (SSSR count). The fraction of sp³-hybridized carbons (Fsp3) is 0.294. The summed E-state index contributed by atoms with van der Waals surface area (Å²) in [6.45, 7) is 2.59. The van der Waals surface area contributed by atoms with Crippen LogP contribution in [-0.4, -0.2) is 32.4 Å². The van der Waals surface area contributed by atoms with Crippen molar-refractivity contribution < 1.29 is 19.2 Å². The van der Waals surface area contributed by atoms with E-state index in [4.69, 9.17) is 4.84 Å². The molecule has 2 aromatic rings. The Morgan fingerprint density at radius 3 is 2.54 bits per heavy atom. The number of hydrogen-bond donors (Lipinski definition) is 0. The fourth-order valence-electron chi connectivity index (χ4n) is 3.24. The monoisotopic (exact) mass is 325 g/mol. The molecular weight excluding hydrogens is 310 g/mol. The number of hydroxylamine groups is 2. The van der Waals surface area contributed by atoms with E-state index in [0.717, 1.165) is 11.5 Å². The summed E-state index contributed by atoms with van der Waals surface area (Å²) in [6.07, 6.45) is 2.83. The molecular formula is C17H15N3O4. The lowest BCUT2D eigenvalue weighted by atomic mass is 9.96. The topological polar surface area (TPSA) is 81.5 Å². The van der Waals surface area contributed by atoms with Crippen LogP contribution >= 0.6 is 0 Å². The molecule has 7 heteroatoms. The van der Waals surface area contributed by atoms with E-state index in [1.807, 2.05) is 6.92 Å². The smallest absolute Gasteiger partial charge is 0.332 e. The molecule has 7 nitrogen and oxygen atoms in total. The van der Waals surface area contributed by atoms with Crippen LogP contribution in [0.25, 0.3) is 0 Å². The van der Waals surface area contributed by atoms with E-state index in [-0.39, 0.29) is 11.1 Å². The zero-order chi connectivity index (χ0) is 16.8. The van der Waals surface area contributed by atoms with E-state index >= 15 is 0 Å². The molecule has 0 saturated carbocycles. The maximum absolute atomic E-state index is 12.4. The minimum Gasteiger partial charge on any atom is -0.332 e. The van der Waals surface area contributed by atoms with Gasteiger partial charge in [-0.15, -0.1) is 0 Å². The molecule has 2 aliphatic heterocycles. The van der Waals surface area contributed by atoms with E-state index in [0.29, 0.717) is 24.4 Å². The first kappa shape index (κ1) is 14.6. The number of carbonyl (C=O) groups excluding carboxylic acids is 3. The van der Waals surface area contributed by atoms with Crippen LogP contribution in [0.15, 0.2) is 30.5 Å². The number of aromatic nitrogens is 2. The lowest BCUT2D eigenvalue weighted by Crippen LogP contribution is -2.37. The van der Waals surface area contributed by atoms with Gasteiger partial charge in [0, 0.05) is 24.9 Å². The summed E-state index contributed by atoms with van der Waals surface area (Å²) < 4.78 is 2.06. The van der Waals surface area contributed by atoms with E-state index in [9.17, 15) is 14.4 Å². The van der Waals surface area contributed by atoms with Crippen LogP contribution in [-0.2, 0) is 22.6 Å². The molecule has 0 spiro atoms. The lowest BCUT2D eigenvalue weighted by Gasteiger charge is -2.24. The van der Waals surface area contributed by atoms with Gasteiger partial charge in [0.15, 0.2) is 0 Å². The van der Waals surface area contributed by atoms with Crippen LogP contribution in [0, 0.1) is 12.8 Å². The highest BCUT2D eigenvalue weighted by atomic mass is 16.7. The van der Waals surface area contributed by atoms with Gasteiger partial charge in [-0.1, -0.05) is 17.2 Å². The Labute approximate surface area is 137 Å². The van der Waals surface area contributed by atoms with E-state index in [2.05, 4.69) is 9.55 Å². The van der Waals surface area contributed by atoms with Crippen molar-refractivity contribution in [3.63, 3.8) is 0 Å². The zero-order valence-electron chi connectivity index (χ0n) is 13.1. The molecule has 0 bridgehead atoms. The van der Waals surface area contributed by atoms with Crippen LogP contribution in [0.1, 0.15) is 38.7 Å². The van der Waals surface area contributed by atoms with Crippen molar-refractivity contribution in [3.8, 4) is 0 Å². The molecule has 0 fully saturated rings. The second-order valence-electron chi connectivity index (χ2n) is 6.00. The van der Waals surface area contributed by atoms with Crippen molar-refractivity contribution in [2.45, 2.75) is 26.3 Å². The van der Waals surface area contributed by atoms with Crippen molar-refractivity contribution >= 4 is 17.8 Å². The van der Waals surface area contributed by atoms with Crippen LogP contribution in [0.2, 0.25) is 0 Å². The third-order valence-electron chi connectivity index (χ3n) is 4.57. The minimum absolute atomic E-state index is 0.257. The second-order valence-corrected chi connectivity index (χ2v) is 6.00. The van der Waals surface area contributed by atoms with Gasteiger partial charge in [0.2, 0.25) is 0 Å². The van der Waals surface area contributed by atoms with Crippen molar-refractivity contribution in [1.29, 1.82) is 0 Å². The molecule has 2 amide bonds. The van der Waals surface area contributed by atoms with Crippen molar-refractivity contribution in [3.05, 3.63) is 53.1 Å². The first-order valence-electron chi connectivity index (χ1n) is 7.77. The molecule has 3 heterocycles. The summed E-state index contributed by atoms with van der Waals surface area (Å²) in [4.78, 5) is 46.3. The Hall–Kier alpha value is -2.96. The van der Waals surface area contributed by atoms with Crippen molar-refractivity contribution in [2.24, 2.45) is 5.92 Å². The number of amides is 2. The van der Waals surface area contributed by atoms with E-state index in [1.165, 1.54) is 0 Å². The summed E-state index contributed by atoms with van der Waals surface area (Å²) >= 11 is 0.